The Morgan fingerprint density at radius 3 is 2.46 bits per heavy atom. The SMILES string of the molecule is CCCCCC(C)n1c2ccc(/C(=N/OC(=O)n3ccnc3)c3ccccc3)cc2c2cc([N+](=O)[O-])ccc21. The quantitative estimate of drug-likeness (QED) is 0.0655. The van der Waals surface area contributed by atoms with Crippen molar-refractivity contribution in [3.05, 3.63) is 107 Å². The highest BCUT2D eigenvalue weighted by Gasteiger charge is 2.20. The van der Waals surface area contributed by atoms with Crippen LogP contribution in [-0.4, -0.2) is 30.8 Å². The molecule has 1 atom stereocenters. The number of rotatable bonds is 9. The lowest BCUT2D eigenvalue weighted by Crippen LogP contribution is -2.12. The Kier molecular flexibility index (Phi) is 7.49. The third-order valence-corrected chi connectivity index (χ3v) is 6.91. The molecule has 0 N–H and O–H groups in total. The topological polar surface area (TPSA) is 105 Å². The van der Waals surface area contributed by atoms with E-state index >= 15 is 0 Å². The molecule has 2 aromatic heterocycles. The van der Waals surface area contributed by atoms with E-state index in [1.807, 2.05) is 54.6 Å². The molecule has 0 aliphatic heterocycles. The third-order valence-electron chi connectivity index (χ3n) is 6.91. The van der Waals surface area contributed by atoms with Crippen LogP contribution in [0.25, 0.3) is 21.8 Å². The molecule has 0 amide bonds. The van der Waals surface area contributed by atoms with Crippen molar-refractivity contribution in [2.75, 3.05) is 0 Å². The van der Waals surface area contributed by atoms with Crippen LogP contribution in [0, 0.1) is 10.1 Å². The minimum Gasteiger partial charge on any atom is -0.338 e. The second-order valence-corrected chi connectivity index (χ2v) is 9.54. The van der Waals surface area contributed by atoms with Crippen LogP contribution < -0.4 is 0 Å². The lowest BCUT2D eigenvalue weighted by molar-refractivity contribution is -0.384. The summed E-state index contributed by atoms with van der Waals surface area (Å²) in [6, 6.07) is 20.6. The fourth-order valence-electron chi connectivity index (χ4n) is 4.96. The van der Waals surface area contributed by atoms with E-state index in [-0.39, 0.29) is 16.7 Å². The summed E-state index contributed by atoms with van der Waals surface area (Å²) in [6.07, 6.45) is 8.04. The molecule has 0 fully saturated rings. The Morgan fingerprint density at radius 1 is 1.03 bits per heavy atom. The number of imidazole rings is 1. The van der Waals surface area contributed by atoms with Crippen LogP contribution in [-0.2, 0) is 4.84 Å². The number of non-ortho nitro benzene ring substituents is 1. The second kappa shape index (κ2) is 11.3. The number of nitro benzene ring substituents is 1. The van der Waals surface area contributed by atoms with Crippen molar-refractivity contribution in [1.82, 2.24) is 14.1 Å². The van der Waals surface area contributed by atoms with Gasteiger partial charge in [-0.2, -0.15) is 0 Å². The predicted molar refractivity (Wildman–Crippen MR) is 151 cm³/mol. The first-order valence-electron chi connectivity index (χ1n) is 13.0. The Labute approximate surface area is 225 Å². The van der Waals surface area contributed by atoms with E-state index < -0.39 is 6.09 Å². The van der Waals surface area contributed by atoms with Crippen LogP contribution in [0.3, 0.4) is 0 Å². The van der Waals surface area contributed by atoms with Gasteiger partial charge >= 0.3 is 6.09 Å². The monoisotopic (exact) mass is 523 g/mol. The van der Waals surface area contributed by atoms with E-state index in [2.05, 4.69) is 28.6 Å². The van der Waals surface area contributed by atoms with Gasteiger partial charge in [0.05, 0.1) is 4.92 Å². The molecule has 3 aromatic carbocycles. The fourth-order valence-corrected chi connectivity index (χ4v) is 4.96. The summed E-state index contributed by atoms with van der Waals surface area (Å²) in [5.74, 6) is 0. The minimum absolute atomic E-state index is 0.0387. The number of unbranched alkanes of at least 4 members (excludes halogenated alkanes) is 2. The minimum atomic E-state index is -0.685. The van der Waals surface area contributed by atoms with Crippen molar-refractivity contribution in [3.8, 4) is 0 Å². The normalized spacial score (nSPS) is 12.6. The average Bonchev–Trinajstić information content (AvgIpc) is 3.60. The number of aromatic nitrogens is 3. The zero-order valence-electron chi connectivity index (χ0n) is 21.9. The Hall–Kier alpha value is -4.79. The zero-order chi connectivity index (χ0) is 27.4. The molecule has 0 aliphatic carbocycles. The predicted octanol–water partition coefficient (Wildman–Crippen LogP) is 7.48. The van der Waals surface area contributed by atoms with E-state index in [0.29, 0.717) is 5.71 Å². The van der Waals surface area contributed by atoms with Crippen LogP contribution in [0.2, 0.25) is 0 Å². The number of carbonyl (C=O) groups is 1. The molecule has 0 saturated carbocycles. The molecule has 0 radical (unpaired) electrons. The average molecular weight is 524 g/mol. The first kappa shape index (κ1) is 25.8. The summed E-state index contributed by atoms with van der Waals surface area (Å²) < 4.78 is 3.47. The molecule has 2 heterocycles. The lowest BCUT2D eigenvalue weighted by atomic mass is 10.00. The summed E-state index contributed by atoms with van der Waals surface area (Å²) in [7, 11) is 0. The highest BCUT2D eigenvalue weighted by Crippen LogP contribution is 2.36. The maximum Gasteiger partial charge on any atom is 0.445 e. The van der Waals surface area contributed by atoms with E-state index in [1.165, 1.54) is 23.3 Å². The highest BCUT2D eigenvalue weighted by atomic mass is 16.7. The molecule has 198 valence electrons. The number of carbonyl (C=O) groups excluding carboxylic acids is 1. The number of hydrogen-bond acceptors (Lipinski definition) is 6. The Bertz CT molecular complexity index is 1660. The van der Waals surface area contributed by atoms with E-state index in [0.717, 1.165) is 58.6 Å². The van der Waals surface area contributed by atoms with Crippen molar-refractivity contribution in [2.24, 2.45) is 5.16 Å². The van der Waals surface area contributed by atoms with Gasteiger partial charge in [-0.3, -0.25) is 15.0 Å². The molecule has 0 aliphatic rings. The first-order valence-corrected chi connectivity index (χ1v) is 13.0. The van der Waals surface area contributed by atoms with Crippen molar-refractivity contribution in [2.45, 2.75) is 45.6 Å². The largest absolute Gasteiger partial charge is 0.445 e. The van der Waals surface area contributed by atoms with Crippen LogP contribution in [0.4, 0.5) is 10.5 Å². The zero-order valence-corrected chi connectivity index (χ0v) is 21.9. The van der Waals surface area contributed by atoms with Crippen molar-refractivity contribution < 1.29 is 14.6 Å². The molecule has 0 spiro atoms. The van der Waals surface area contributed by atoms with Crippen LogP contribution in [0.15, 0.2) is 90.6 Å². The number of hydrogen-bond donors (Lipinski definition) is 0. The van der Waals surface area contributed by atoms with Crippen LogP contribution in [0.1, 0.15) is 56.7 Å². The number of fused-ring (bicyclic) bond motifs is 3. The molecule has 0 bridgehead atoms. The molecule has 9 nitrogen and oxygen atoms in total. The Morgan fingerprint density at radius 2 is 1.77 bits per heavy atom. The van der Waals surface area contributed by atoms with Crippen molar-refractivity contribution >= 4 is 39.3 Å². The summed E-state index contributed by atoms with van der Waals surface area (Å²) in [6.45, 7) is 4.38. The number of oxime groups is 1. The molecular weight excluding hydrogens is 494 g/mol. The molecule has 9 heteroatoms. The van der Waals surface area contributed by atoms with Gasteiger partial charge in [0.1, 0.15) is 12.0 Å². The van der Waals surface area contributed by atoms with Crippen molar-refractivity contribution in [1.29, 1.82) is 0 Å². The van der Waals surface area contributed by atoms with Gasteiger partial charge in [0, 0.05) is 63.5 Å². The third kappa shape index (κ3) is 5.29. The van der Waals surface area contributed by atoms with Crippen LogP contribution in [0.5, 0.6) is 0 Å². The molecule has 0 saturated heterocycles. The van der Waals surface area contributed by atoms with E-state index in [4.69, 9.17) is 4.84 Å². The number of nitrogens with zero attached hydrogens (tertiary/aromatic N) is 5. The van der Waals surface area contributed by atoms with Gasteiger partial charge in [0.15, 0.2) is 0 Å². The van der Waals surface area contributed by atoms with Gasteiger partial charge in [-0.15, -0.1) is 0 Å². The van der Waals surface area contributed by atoms with Crippen molar-refractivity contribution in [3.63, 3.8) is 0 Å². The fraction of sp³-hybridized carbons (Fsp3) is 0.233. The molecule has 39 heavy (non-hydrogen) atoms. The van der Waals surface area contributed by atoms with E-state index in [1.54, 1.807) is 12.1 Å². The smallest absolute Gasteiger partial charge is 0.338 e. The highest BCUT2D eigenvalue weighted by molar-refractivity contribution is 6.17. The van der Waals surface area contributed by atoms with Gasteiger partial charge in [0.25, 0.3) is 5.69 Å². The standard InChI is InChI=1S/C30H29N5O4/c1-3-4-6-9-21(2)34-27-14-12-23(18-25(27)26-19-24(35(37)38)13-15-28(26)34)29(22-10-7-5-8-11-22)32-39-30(36)33-17-16-31-20-33/h5,7-8,10-21H,3-4,6,9H2,1-2H3/b32-29+. The summed E-state index contributed by atoms with van der Waals surface area (Å²) in [5, 5.41) is 17.5. The van der Waals surface area contributed by atoms with Gasteiger partial charge in [-0.05, 0) is 31.5 Å². The van der Waals surface area contributed by atoms with Gasteiger partial charge in [-0.25, -0.2) is 14.3 Å². The maximum absolute atomic E-state index is 12.5. The van der Waals surface area contributed by atoms with Gasteiger partial charge in [0.2, 0.25) is 0 Å². The van der Waals surface area contributed by atoms with E-state index in [9.17, 15) is 14.9 Å². The summed E-state index contributed by atoms with van der Waals surface area (Å²) >= 11 is 0. The lowest BCUT2D eigenvalue weighted by Gasteiger charge is -2.17. The molecule has 5 aromatic rings. The molecular formula is C30H29N5O4. The second-order valence-electron chi connectivity index (χ2n) is 9.54. The van der Waals surface area contributed by atoms with Gasteiger partial charge < -0.3 is 4.57 Å². The summed E-state index contributed by atoms with van der Waals surface area (Å²) in [4.78, 5) is 32.9. The first-order chi connectivity index (χ1) is 19.0. The maximum atomic E-state index is 12.5. The van der Waals surface area contributed by atoms with Crippen LogP contribution >= 0.6 is 0 Å². The Balaban J connectivity index is 1.65. The summed E-state index contributed by atoms with van der Waals surface area (Å²) in [5.41, 5.74) is 3.92. The molecule has 1 unspecified atom stereocenters. The molecule has 5 rings (SSSR count). The number of nitro groups is 1. The number of benzene rings is 3. The van der Waals surface area contributed by atoms with Gasteiger partial charge in [-0.1, -0.05) is 67.7 Å².